The summed E-state index contributed by atoms with van der Waals surface area (Å²) in [4.78, 5) is 3.57. The summed E-state index contributed by atoms with van der Waals surface area (Å²) in [5.74, 6) is 0. The van der Waals surface area contributed by atoms with Crippen LogP contribution in [0.15, 0.2) is 66.8 Å². The number of hydrogen-bond acceptors (Lipinski definition) is 0. The van der Waals surface area contributed by atoms with Gasteiger partial charge >= 0.3 is 0 Å². The van der Waals surface area contributed by atoms with Crippen LogP contribution in [0, 0.1) is 0 Å². The molecule has 1 heteroatoms. The van der Waals surface area contributed by atoms with E-state index in [0.29, 0.717) is 0 Å². The average Bonchev–Trinajstić information content (AvgIpc) is 3.00. The van der Waals surface area contributed by atoms with Crippen molar-refractivity contribution in [1.29, 1.82) is 0 Å². The lowest BCUT2D eigenvalue weighted by molar-refractivity contribution is 0.661. The Morgan fingerprint density at radius 1 is 1.04 bits per heavy atom. The molecule has 1 nitrogen and oxygen atoms in total. The van der Waals surface area contributed by atoms with Crippen LogP contribution in [0.3, 0.4) is 0 Å². The molecule has 0 radical (unpaired) electrons. The number of hydrogen-bond donors (Lipinski definition) is 1. The lowest BCUT2D eigenvalue weighted by Crippen LogP contribution is -2.15. The Morgan fingerprint density at radius 3 is 2.57 bits per heavy atom. The zero-order valence-corrected chi connectivity index (χ0v) is 13.9. The highest BCUT2D eigenvalue weighted by atomic mass is 14.7. The Hall–Kier alpha value is -2.54. The minimum atomic E-state index is -0.00312. The van der Waals surface area contributed by atoms with Gasteiger partial charge in [0.25, 0.3) is 0 Å². The number of fused-ring (bicyclic) bond motifs is 4. The molecular formula is C22H21N. The van der Waals surface area contributed by atoms with Crippen molar-refractivity contribution in [2.24, 2.45) is 0 Å². The van der Waals surface area contributed by atoms with Crippen LogP contribution in [-0.2, 0) is 5.41 Å². The molecule has 0 spiro atoms. The molecule has 4 rings (SSSR count). The monoisotopic (exact) mass is 299 g/mol. The number of allylic oxidation sites excluding steroid dienone is 5. The number of para-hydroxylation sites is 1. The molecule has 1 N–H and O–H groups in total. The van der Waals surface area contributed by atoms with Crippen molar-refractivity contribution < 1.29 is 0 Å². The molecule has 0 amide bonds. The standard InChI is InChI=1S/C22H21N/c1-5-9-18-14(6-2)16-12-17-15-10-7-8-11-20(15)23-21(17)13-19(16)22(18,3)4/h5-13,23H,1H2,2-4H3/b14-6-,18-9+. The third kappa shape index (κ3) is 1.80. The number of aromatic amines is 1. The zero-order chi connectivity index (χ0) is 16.2. The number of benzene rings is 2. The quantitative estimate of drug-likeness (QED) is 0.556. The molecule has 1 aromatic heterocycles. The first-order valence-corrected chi connectivity index (χ1v) is 8.13. The second kappa shape index (κ2) is 4.73. The maximum atomic E-state index is 3.90. The highest BCUT2D eigenvalue weighted by Crippen LogP contribution is 2.51. The Bertz CT molecular complexity index is 1010. The van der Waals surface area contributed by atoms with E-state index >= 15 is 0 Å². The highest BCUT2D eigenvalue weighted by Gasteiger charge is 2.37. The topological polar surface area (TPSA) is 15.8 Å². The van der Waals surface area contributed by atoms with Gasteiger partial charge in [-0.3, -0.25) is 0 Å². The third-order valence-electron chi connectivity index (χ3n) is 5.14. The molecule has 0 unspecified atom stereocenters. The fourth-order valence-electron chi connectivity index (χ4n) is 3.99. The van der Waals surface area contributed by atoms with Crippen LogP contribution < -0.4 is 0 Å². The zero-order valence-electron chi connectivity index (χ0n) is 13.9. The molecule has 0 fully saturated rings. The SMILES string of the molecule is C=C/C=C1\C(=C/C)c2cc3c(cc2C1(C)C)[nH]c1ccccc13. The Morgan fingerprint density at radius 2 is 1.83 bits per heavy atom. The lowest BCUT2D eigenvalue weighted by Gasteiger charge is -2.21. The molecule has 3 aromatic rings. The lowest BCUT2D eigenvalue weighted by atomic mass is 9.82. The van der Waals surface area contributed by atoms with E-state index in [-0.39, 0.29) is 5.41 Å². The smallest absolute Gasteiger partial charge is 0.0468 e. The molecule has 1 aliphatic carbocycles. The summed E-state index contributed by atoms with van der Waals surface area (Å²) in [5, 5.41) is 2.59. The van der Waals surface area contributed by atoms with E-state index in [1.54, 1.807) is 0 Å². The van der Waals surface area contributed by atoms with Crippen molar-refractivity contribution in [3.8, 4) is 0 Å². The second-order valence-electron chi connectivity index (χ2n) is 6.76. The van der Waals surface area contributed by atoms with Crippen LogP contribution in [0.25, 0.3) is 27.4 Å². The summed E-state index contributed by atoms with van der Waals surface area (Å²) in [6, 6.07) is 13.2. The van der Waals surface area contributed by atoms with Crippen molar-refractivity contribution in [3.05, 3.63) is 77.9 Å². The molecule has 1 heterocycles. The maximum Gasteiger partial charge on any atom is 0.0468 e. The van der Waals surface area contributed by atoms with Crippen molar-refractivity contribution >= 4 is 27.4 Å². The van der Waals surface area contributed by atoms with Crippen LogP contribution in [0.5, 0.6) is 0 Å². The number of aromatic nitrogens is 1. The van der Waals surface area contributed by atoms with Crippen molar-refractivity contribution in [1.82, 2.24) is 4.98 Å². The molecule has 114 valence electrons. The number of nitrogens with one attached hydrogen (secondary N) is 1. The predicted octanol–water partition coefficient (Wildman–Crippen LogP) is 6.13. The van der Waals surface area contributed by atoms with Gasteiger partial charge in [-0.2, -0.15) is 0 Å². The van der Waals surface area contributed by atoms with E-state index in [1.807, 2.05) is 6.08 Å². The minimum Gasteiger partial charge on any atom is -0.355 e. The van der Waals surface area contributed by atoms with Crippen LogP contribution >= 0.6 is 0 Å². The first-order chi connectivity index (χ1) is 11.1. The van der Waals surface area contributed by atoms with Gasteiger partial charge in [-0.05, 0) is 47.4 Å². The van der Waals surface area contributed by atoms with Gasteiger partial charge in [-0.25, -0.2) is 0 Å². The third-order valence-corrected chi connectivity index (χ3v) is 5.14. The van der Waals surface area contributed by atoms with Crippen LogP contribution in [0.2, 0.25) is 0 Å². The maximum absolute atomic E-state index is 3.90. The van der Waals surface area contributed by atoms with Crippen LogP contribution in [0.4, 0.5) is 0 Å². The van der Waals surface area contributed by atoms with E-state index < -0.39 is 0 Å². The Labute approximate surface area is 137 Å². The number of rotatable bonds is 1. The fourth-order valence-corrected chi connectivity index (χ4v) is 3.99. The normalized spacial score (nSPS) is 19.8. The first kappa shape index (κ1) is 14.1. The molecule has 0 bridgehead atoms. The summed E-state index contributed by atoms with van der Waals surface area (Å²) in [6.07, 6.45) is 6.28. The van der Waals surface area contributed by atoms with Crippen LogP contribution in [0.1, 0.15) is 31.9 Å². The molecule has 2 aromatic carbocycles. The largest absolute Gasteiger partial charge is 0.355 e. The van der Waals surface area contributed by atoms with Gasteiger partial charge in [0, 0.05) is 27.2 Å². The summed E-state index contributed by atoms with van der Waals surface area (Å²) in [5.41, 5.74) is 7.83. The van der Waals surface area contributed by atoms with Crippen molar-refractivity contribution in [3.63, 3.8) is 0 Å². The average molecular weight is 299 g/mol. The first-order valence-electron chi connectivity index (χ1n) is 8.13. The summed E-state index contributed by atoms with van der Waals surface area (Å²) >= 11 is 0. The molecule has 23 heavy (non-hydrogen) atoms. The van der Waals surface area contributed by atoms with Gasteiger partial charge < -0.3 is 4.98 Å². The van der Waals surface area contributed by atoms with Gasteiger partial charge in [0.05, 0.1) is 0 Å². The molecular weight excluding hydrogens is 278 g/mol. The number of H-pyrrole nitrogens is 1. The highest BCUT2D eigenvalue weighted by molar-refractivity contribution is 6.09. The van der Waals surface area contributed by atoms with E-state index in [9.17, 15) is 0 Å². The van der Waals surface area contributed by atoms with E-state index in [4.69, 9.17) is 0 Å². The molecule has 0 atom stereocenters. The summed E-state index contributed by atoms with van der Waals surface area (Å²) in [7, 11) is 0. The van der Waals surface area contributed by atoms with Gasteiger partial charge in [0.15, 0.2) is 0 Å². The van der Waals surface area contributed by atoms with Crippen molar-refractivity contribution in [2.75, 3.05) is 0 Å². The van der Waals surface area contributed by atoms with Gasteiger partial charge in [0.1, 0.15) is 0 Å². The van der Waals surface area contributed by atoms with Gasteiger partial charge in [-0.15, -0.1) is 0 Å². The molecule has 1 aliphatic rings. The second-order valence-corrected chi connectivity index (χ2v) is 6.76. The van der Waals surface area contributed by atoms with Gasteiger partial charge in [-0.1, -0.05) is 56.9 Å². The fraction of sp³-hybridized carbons (Fsp3) is 0.182. The molecule has 0 saturated heterocycles. The van der Waals surface area contributed by atoms with Crippen LogP contribution in [-0.4, -0.2) is 4.98 Å². The van der Waals surface area contributed by atoms with E-state index in [0.717, 1.165) is 0 Å². The predicted molar refractivity (Wildman–Crippen MR) is 101 cm³/mol. The molecule has 0 aliphatic heterocycles. The minimum absolute atomic E-state index is 0.00312. The Kier molecular flexibility index (Phi) is 2.89. The van der Waals surface area contributed by atoms with Gasteiger partial charge in [0.2, 0.25) is 0 Å². The molecule has 0 saturated carbocycles. The summed E-state index contributed by atoms with van der Waals surface area (Å²) in [6.45, 7) is 10.6. The summed E-state index contributed by atoms with van der Waals surface area (Å²) < 4.78 is 0. The van der Waals surface area contributed by atoms with E-state index in [1.165, 1.54) is 44.1 Å². The van der Waals surface area contributed by atoms with Crippen molar-refractivity contribution in [2.45, 2.75) is 26.2 Å². The Balaban J connectivity index is 2.12. The van der Waals surface area contributed by atoms with E-state index in [2.05, 4.69) is 80.9 Å².